The molecule has 0 aliphatic heterocycles. The highest BCUT2D eigenvalue weighted by Crippen LogP contribution is 2.34. The maximum absolute atomic E-state index is 11.1. The van der Waals surface area contributed by atoms with E-state index in [-0.39, 0.29) is 11.5 Å². The summed E-state index contributed by atoms with van der Waals surface area (Å²) < 4.78 is 5.57. The summed E-state index contributed by atoms with van der Waals surface area (Å²) in [6, 6.07) is 7.86. The van der Waals surface area contributed by atoms with E-state index in [0.29, 0.717) is 0 Å². The van der Waals surface area contributed by atoms with E-state index in [1.807, 2.05) is 24.3 Å². The van der Waals surface area contributed by atoms with Crippen LogP contribution in [0, 0.1) is 0 Å². The van der Waals surface area contributed by atoms with Gasteiger partial charge in [-0.3, -0.25) is 4.79 Å². The van der Waals surface area contributed by atoms with E-state index in [1.54, 1.807) is 7.11 Å². The summed E-state index contributed by atoms with van der Waals surface area (Å²) in [5, 5.41) is 6.29. The fraction of sp³-hybridized carbons (Fsp3) is 0.533. The Kier molecular flexibility index (Phi) is 4.56. The Labute approximate surface area is 114 Å². The summed E-state index contributed by atoms with van der Waals surface area (Å²) in [7, 11) is 1.78. The summed E-state index contributed by atoms with van der Waals surface area (Å²) in [6.07, 6.45) is 3.51. The van der Waals surface area contributed by atoms with Crippen LogP contribution < -0.4 is 10.6 Å². The average Bonchev–Trinajstić information content (AvgIpc) is 2.34. The van der Waals surface area contributed by atoms with Crippen molar-refractivity contribution >= 4 is 11.6 Å². The molecule has 104 valence electrons. The van der Waals surface area contributed by atoms with Crippen LogP contribution in [0.1, 0.15) is 31.7 Å². The van der Waals surface area contributed by atoms with Crippen molar-refractivity contribution in [2.24, 2.45) is 0 Å². The van der Waals surface area contributed by atoms with Gasteiger partial charge in [0.2, 0.25) is 5.91 Å². The van der Waals surface area contributed by atoms with Crippen LogP contribution in [-0.4, -0.2) is 25.2 Å². The number of carbonyl (C=O) groups excluding carboxylic acids is 1. The zero-order valence-electron chi connectivity index (χ0n) is 11.7. The number of ether oxygens (including phenoxy) is 1. The zero-order chi connectivity index (χ0) is 13.7. The molecule has 1 aromatic rings. The largest absolute Gasteiger partial charge is 0.377 e. The molecule has 4 nitrogen and oxygen atoms in total. The van der Waals surface area contributed by atoms with Crippen LogP contribution in [0.2, 0.25) is 0 Å². The van der Waals surface area contributed by atoms with Crippen LogP contribution in [0.3, 0.4) is 0 Å². The Balaban J connectivity index is 1.90. The van der Waals surface area contributed by atoms with Crippen molar-refractivity contribution in [1.82, 2.24) is 5.32 Å². The quantitative estimate of drug-likeness (QED) is 0.827. The number of hydrogen-bond acceptors (Lipinski definition) is 3. The van der Waals surface area contributed by atoms with Gasteiger partial charge in [0.05, 0.1) is 5.60 Å². The first-order valence-electron chi connectivity index (χ1n) is 6.77. The molecule has 4 heteroatoms. The molecule has 2 N–H and O–H groups in total. The number of methoxy groups -OCH3 is 1. The molecule has 19 heavy (non-hydrogen) atoms. The lowest BCUT2D eigenvalue weighted by Crippen LogP contribution is -2.47. The number of benzene rings is 1. The van der Waals surface area contributed by atoms with Gasteiger partial charge in [-0.2, -0.15) is 0 Å². The third-order valence-corrected chi connectivity index (χ3v) is 3.79. The van der Waals surface area contributed by atoms with Crippen molar-refractivity contribution < 1.29 is 9.53 Å². The SMILES string of the molecule is COC1(CNCc2ccccc2NC(C)=O)CCC1. The van der Waals surface area contributed by atoms with E-state index in [2.05, 4.69) is 10.6 Å². The molecule has 0 bridgehead atoms. The van der Waals surface area contributed by atoms with Gasteiger partial charge < -0.3 is 15.4 Å². The Morgan fingerprint density at radius 1 is 1.37 bits per heavy atom. The predicted molar refractivity (Wildman–Crippen MR) is 76.0 cm³/mol. The van der Waals surface area contributed by atoms with Gasteiger partial charge >= 0.3 is 0 Å². The molecular weight excluding hydrogens is 240 g/mol. The van der Waals surface area contributed by atoms with Gasteiger partial charge in [0.25, 0.3) is 0 Å². The molecule has 2 rings (SSSR count). The normalized spacial score (nSPS) is 16.7. The standard InChI is InChI=1S/C15H22N2O2/c1-12(18)17-14-7-4-3-6-13(14)10-16-11-15(19-2)8-5-9-15/h3-4,6-7,16H,5,8-11H2,1-2H3,(H,17,18). The third kappa shape index (κ3) is 3.55. The number of rotatable bonds is 6. The van der Waals surface area contributed by atoms with E-state index in [9.17, 15) is 4.79 Å². The second-order valence-corrected chi connectivity index (χ2v) is 5.18. The number of carbonyl (C=O) groups is 1. The van der Waals surface area contributed by atoms with Crippen molar-refractivity contribution in [3.8, 4) is 0 Å². The summed E-state index contributed by atoms with van der Waals surface area (Å²) in [4.78, 5) is 11.1. The second kappa shape index (κ2) is 6.17. The lowest BCUT2D eigenvalue weighted by molar-refractivity contribution is -0.114. The summed E-state index contributed by atoms with van der Waals surface area (Å²) in [6.45, 7) is 3.12. The van der Waals surface area contributed by atoms with Crippen LogP contribution in [0.4, 0.5) is 5.69 Å². The fourth-order valence-electron chi connectivity index (χ4n) is 2.44. The molecule has 1 aliphatic carbocycles. The lowest BCUT2D eigenvalue weighted by Gasteiger charge is -2.40. The summed E-state index contributed by atoms with van der Waals surface area (Å²) in [5.74, 6) is -0.0418. The Morgan fingerprint density at radius 3 is 2.68 bits per heavy atom. The Bertz CT molecular complexity index is 436. The maximum atomic E-state index is 11.1. The van der Waals surface area contributed by atoms with Crippen molar-refractivity contribution in [3.63, 3.8) is 0 Å². The third-order valence-electron chi connectivity index (χ3n) is 3.79. The van der Waals surface area contributed by atoms with Gasteiger partial charge in [0.15, 0.2) is 0 Å². The highest BCUT2D eigenvalue weighted by Gasteiger charge is 2.36. The van der Waals surface area contributed by atoms with Gasteiger partial charge in [0, 0.05) is 32.8 Å². The van der Waals surface area contributed by atoms with E-state index in [0.717, 1.165) is 37.2 Å². The van der Waals surface area contributed by atoms with Crippen molar-refractivity contribution in [2.45, 2.75) is 38.3 Å². The monoisotopic (exact) mass is 262 g/mol. The van der Waals surface area contributed by atoms with Gasteiger partial charge in [-0.15, -0.1) is 0 Å². The van der Waals surface area contributed by atoms with Crippen LogP contribution in [0.25, 0.3) is 0 Å². The molecule has 1 amide bonds. The topological polar surface area (TPSA) is 50.4 Å². The molecule has 0 saturated heterocycles. The Morgan fingerprint density at radius 2 is 2.11 bits per heavy atom. The molecule has 0 heterocycles. The second-order valence-electron chi connectivity index (χ2n) is 5.18. The number of hydrogen-bond donors (Lipinski definition) is 2. The van der Waals surface area contributed by atoms with Crippen molar-refractivity contribution in [3.05, 3.63) is 29.8 Å². The van der Waals surface area contributed by atoms with Crippen LogP contribution in [-0.2, 0) is 16.1 Å². The molecule has 0 atom stereocenters. The van der Waals surface area contributed by atoms with Gasteiger partial charge in [-0.25, -0.2) is 0 Å². The van der Waals surface area contributed by atoms with Crippen molar-refractivity contribution in [2.75, 3.05) is 19.0 Å². The number of amides is 1. The Hall–Kier alpha value is -1.39. The van der Waals surface area contributed by atoms with Crippen LogP contribution >= 0.6 is 0 Å². The smallest absolute Gasteiger partial charge is 0.221 e. The first-order valence-corrected chi connectivity index (χ1v) is 6.77. The molecule has 1 fully saturated rings. The molecule has 0 radical (unpaired) electrons. The molecule has 0 unspecified atom stereocenters. The highest BCUT2D eigenvalue weighted by molar-refractivity contribution is 5.89. The molecule has 1 aromatic carbocycles. The van der Waals surface area contributed by atoms with E-state index in [4.69, 9.17) is 4.74 Å². The lowest BCUT2D eigenvalue weighted by atomic mass is 9.80. The van der Waals surface area contributed by atoms with Gasteiger partial charge in [-0.05, 0) is 30.9 Å². The minimum atomic E-state index is -0.0418. The first-order chi connectivity index (χ1) is 9.15. The van der Waals surface area contributed by atoms with E-state index < -0.39 is 0 Å². The number of nitrogens with one attached hydrogen (secondary N) is 2. The predicted octanol–water partition coefficient (Wildman–Crippen LogP) is 2.30. The molecule has 0 aromatic heterocycles. The molecule has 1 aliphatic rings. The van der Waals surface area contributed by atoms with E-state index in [1.165, 1.54) is 13.3 Å². The summed E-state index contributed by atoms with van der Waals surface area (Å²) in [5.41, 5.74) is 2.01. The maximum Gasteiger partial charge on any atom is 0.221 e. The molecular formula is C15H22N2O2. The van der Waals surface area contributed by atoms with Gasteiger partial charge in [0.1, 0.15) is 0 Å². The molecule has 1 saturated carbocycles. The number of para-hydroxylation sites is 1. The fourth-order valence-corrected chi connectivity index (χ4v) is 2.44. The van der Waals surface area contributed by atoms with Gasteiger partial charge in [-0.1, -0.05) is 18.2 Å². The minimum Gasteiger partial charge on any atom is -0.377 e. The van der Waals surface area contributed by atoms with Crippen LogP contribution in [0.15, 0.2) is 24.3 Å². The average molecular weight is 262 g/mol. The van der Waals surface area contributed by atoms with Crippen molar-refractivity contribution in [1.29, 1.82) is 0 Å². The first kappa shape index (κ1) is 14.0. The van der Waals surface area contributed by atoms with Crippen LogP contribution in [0.5, 0.6) is 0 Å². The zero-order valence-corrected chi connectivity index (χ0v) is 11.7. The number of anilines is 1. The summed E-state index contributed by atoms with van der Waals surface area (Å²) >= 11 is 0. The molecule has 0 spiro atoms. The van der Waals surface area contributed by atoms with E-state index >= 15 is 0 Å². The minimum absolute atomic E-state index is 0.0307. The highest BCUT2D eigenvalue weighted by atomic mass is 16.5.